The number of ether oxygens (including phenoxy) is 1. The van der Waals surface area contributed by atoms with Gasteiger partial charge in [0.1, 0.15) is 6.54 Å². The maximum atomic E-state index is 12.6. The van der Waals surface area contributed by atoms with Crippen molar-refractivity contribution in [2.24, 2.45) is 4.99 Å². The number of rotatable bonds is 4. The third-order valence-corrected chi connectivity index (χ3v) is 5.23. The van der Waals surface area contributed by atoms with Crippen molar-refractivity contribution in [1.82, 2.24) is 4.57 Å². The molecule has 3 aromatic rings. The number of carbonyl (C=O) groups excluding carboxylic acids is 2. The van der Waals surface area contributed by atoms with Gasteiger partial charge in [-0.2, -0.15) is 4.99 Å². The molecule has 0 radical (unpaired) electrons. The molecule has 0 spiro atoms. The maximum absolute atomic E-state index is 12.6. The molecular weight excluding hydrogens is 360 g/mol. The van der Waals surface area contributed by atoms with Crippen LogP contribution in [0.1, 0.15) is 34.0 Å². The molecule has 6 heteroatoms. The van der Waals surface area contributed by atoms with Crippen molar-refractivity contribution >= 4 is 33.4 Å². The Bertz CT molecular complexity index is 1080. The zero-order chi connectivity index (χ0) is 19.6. The largest absolute Gasteiger partial charge is 0.465 e. The van der Waals surface area contributed by atoms with Gasteiger partial charge in [-0.15, -0.1) is 0 Å². The highest BCUT2D eigenvalue weighted by Crippen LogP contribution is 2.23. The van der Waals surface area contributed by atoms with Crippen molar-refractivity contribution in [3.8, 4) is 0 Å². The first-order chi connectivity index (χ1) is 12.9. The number of thiazole rings is 1. The molecule has 0 saturated heterocycles. The Morgan fingerprint density at radius 2 is 1.78 bits per heavy atom. The van der Waals surface area contributed by atoms with E-state index in [-0.39, 0.29) is 18.4 Å². The van der Waals surface area contributed by atoms with Crippen molar-refractivity contribution in [3.63, 3.8) is 0 Å². The van der Waals surface area contributed by atoms with Crippen molar-refractivity contribution in [3.05, 3.63) is 63.5 Å². The van der Waals surface area contributed by atoms with E-state index in [1.54, 1.807) is 23.6 Å². The summed E-state index contributed by atoms with van der Waals surface area (Å²) < 4.78 is 7.87. The molecular formula is C21H22N2O3S. The molecule has 0 unspecified atom stereocenters. The third-order valence-electron chi connectivity index (χ3n) is 4.20. The Hall–Kier alpha value is -2.73. The van der Waals surface area contributed by atoms with Crippen LogP contribution in [0.5, 0.6) is 0 Å². The Morgan fingerprint density at radius 3 is 2.44 bits per heavy atom. The Morgan fingerprint density at radius 1 is 1.07 bits per heavy atom. The molecule has 3 rings (SSSR count). The van der Waals surface area contributed by atoms with Crippen LogP contribution < -0.4 is 4.80 Å². The van der Waals surface area contributed by atoms with Gasteiger partial charge in [0.2, 0.25) is 0 Å². The van der Waals surface area contributed by atoms with Gasteiger partial charge in [-0.3, -0.25) is 9.59 Å². The predicted molar refractivity (Wildman–Crippen MR) is 107 cm³/mol. The second kappa shape index (κ2) is 7.88. The van der Waals surface area contributed by atoms with Gasteiger partial charge in [-0.05, 0) is 57.0 Å². The van der Waals surface area contributed by atoms with E-state index >= 15 is 0 Å². The molecule has 1 aromatic heterocycles. The highest BCUT2D eigenvalue weighted by atomic mass is 32.1. The van der Waals surface area contributed by atoms with Gasteiger partial charge >= 0.3 is 5.97 Å². The minimum Gasteiger partial charge on any atom is -0.465 e. The fourth-order valence-corrected chi connectivity index (χ4v) is 4.21. The Labute approximate surface area is 161 Å². The monoisotopic (exact) mass is 382 g/mol. The van der Waals surface area contributed by atoms with Gasteiger partial charge < -0.3 is 9.30 Å². The fourth-order valence-electron chi connectivity index (χ4n) is 3.01. The van der Waals surface area contributed by atoms with Crippen molar-refractivity contribution in [1.29, 1.82) is 0 Å². The summed E-state index contributed by atoms with van der Waals surface area (Å²) in [6.07, 6.45) is 0. The predicted octanol–water partition coefficient (Wildman–Crippen LogP) is 3.93. The SMILES string of the molecule is CCOC(=O)Cn1c(=NC(=O)c2ccc(C)cc2)sc2cc(C)cc(C)c21. The Kier molecular flexibility index (Phi) is 5.56. The number of benzene rings is 2. The van der Waals surface area contributed by atoms with E-state index in [4.69, 9.17) is 4.74 Å². The summed E-state index contributed by atoms with van der Waals surface area (Å²) in [5.74, 6) is -0.671. The summed E-state index contributed by atoms with van der Waals surface area (Å²) in [4.78, 5) is 29.6. The minimum absolute atomic E-state index is 0.0255. The molecule has 0 aliphatic rings. The number of carbonyl (C=O) groups is 2. The second-order valence-corrected chi connectivity index (χ2v) is 7.50. The molecule has 27 heavy (non-hydrogen) atoms. The highest BCUT2D eigenvalue weighted by molar-refractivity contribution is 7.16. The zero-order valence-corrected chi connectivity index (χ0v) is 16.7. The lowest BCUT2D eigenvalue weighted by Crippen LogP contribution is -2.23. The number of amides is 1. The van der Waals surface area contributed by atoms with Gasteiger partial charge in [-0.25, -0.2) is 0 Å². The fraction of sp³-hybridized carbons (Fsp3) is 0.286. The van der Waals surface area contributed by atoms with E-state index in [2.05, 4.69) is 11.1 Å². The molecule has 0 N–H and O–H groups in total. The molecule has 0 fully saturated rings. The number of hydrogen-bond donors (Lipinski definition) is 0. The summed E-state index contributed by atoms with van der Waals surface area (Å²) >= 11 is 1.41. The van der Waals surface area contributed by atoms with E-state index in [1.165, 1.54) is 11.3 Å². The van der Waals surface area contributed by atoms with Crippen molar-refractivity contribution in [2.75, 3.05) is 6.61 Å². The van der Waals surface area contributed by atoms with Crippen molar-refractivity contribution in [2.45, 2.75) is 34.2 Å². The molecule has 0 atom stereocenters. The first-order valence-electron chi connectivity index (χ1n) is 8.81. The highest BCUT2D eigenvalue weighted by Gasteiger charge is 2.15. The maximum Gasteiger partial charge on any atom is 0.326 e. The normalized spacial score (nSPS) is 11.8. The van der Waals surface area contributed by atoms with Gasteiger partial charge in [-0.1, -0.05) is 35.1 Å². The van der Waals surface area contributed by atoms with Crippen LogP contribution in [0, 0.1) is 20.8 Å². The average Bonchev–Trinajstić information content (AvgIpc) is 2.92. The summed E-state index contributed by atoms with van der Waals surface area (Å²) in [7, 11) is 0. The van der Waals surface area contributed by atoms with Crippen LogP contribution in [0.25, 0.3) is 10.2 Å². The summed E-state index contributed by atoms with van der Waals surface area (Å²) in [5, 5.41) is 0. The standard InChI is InChI=1S/C21H22N2O3S/c1-5-26-18(24)12-23-19-15(4)10-14(3)11-17(19)27-21(23)22-20(25)16-8-6-13(2)7-9-16/h6-11H,5,12H2,1-4H3. The number of aromatic nitrogens is 1. The molecule has 5 nitrogen and oxygen atoms in total. The van der Waals surface area contributed by atoms with Crippen LogP contribution in [0.15, 0.2) is 41.4 Å². The van der Waals surface area contributed by atoms with Crippen molar-refractivity contribution < 1.29 is 14.3 Å². The van der Waals surface area contributed by atoms with Crippen LogP contribution in [0.4, 0.5) is 0 Å². The topological polar surface area (TPSA) is 60.7 Å². The molecule has 1 amide bonds. The van der Waals surface area contributed by atoms with Gasteiger partial charge in [0, 0.05) is 5.56 Å². The van der Waals surface area contributed by atoms with E-state index in [9.17, 15) is 9.59 Å². The van der Waals surface area contributed by atoms with Crippen LogP contribution in [0.2, 0.25) is 0 Å². The van der Waals surface area contributed by atoms with Crippen LogP contribution in [-0.4, -0.2) is 23.1 Å². The van der Waals surface area contributed by atoms with Gasteiger partial charge in [0.25, 0.3) is 5.91 Å². The smallest absolute Gasteiger partial charge is 0.326 e. The van der Waals surface area contributed by atoms with E-state index in [1.807, 2.05) is 39.0 Å². The number of aryl methyl sites for hydroxylation is 3. The first-order valence-corrected chi connectivity index (χ1v) is 9.62. The van der Waals surface area contributed by atoms with Gasteiger partial charge in [0.05, 0.1) is 16.8 Å². The number of hydrogen-bond acceptors (Lipinski definition) is 4. The van der Waals surface area contributed by atoms with Crippen LogP contribution in [-0.2, 0) is 16.1 Å². The average molecular weight is 382 g/mol. The lowest BCUT2D eigenvalue weighted by Gasteiger charge is -2.07. The second-order valence-electron chi connectivity index (χ2n) is 6.49. The van der Waals surface area contributed by atoms with E-state index in [0.717, 1.165) is 26.9 Å². The zero-order valence-electron chi connectivity index (χ0n) is 15.9. The minimum atomic E-state index is -0.346. The molecule has 2 aromatic carbocycles. The van der Waals surface area contributed by atoms with E-state index in [0.29, 0.717) is 17.0 Å². The molecule has 1 heterocycles. The first kappa shape index (κ1) is 19.0. The quantitative estimate of drug-likeness (QED) is 0.642. The molecule has 0 bridgehead atoms. The summed E-state index contributed by atoms with van der Waals surface area (Å²) in [6.45, 7) is 8.10. The number of nitrogens with zero attached hydrogens (tertiary/aromatic N) is 2. The molecule has 0 aliphatic heterocycles. The molecule has 0 saturated carbocycles. The van der Waals surface area contributed by atoms with E-state index < -0.39 is 0 Å². The number of esters is 1. The van der Waals surface area contributed by atoms with Gasteiger partial charge in [0.15, 0.2) is 4.80 Å². The van der Waals surface area contributed by atoms with Crippen LogP contribution in [0.3, 0.4) is 0 Å². The lowest BCUT2D eigenvalue weighted by molar-refractivity contribution is -0.143. The summed E-state index contributed by atoms with van der Waals surface area (Å²) in [5.41, 5.74) is 4.68. The lowest BCUT2D eigenvalue weighted by atomic mass is 10.1. The Balaban J connectivity index is 2.15. The summed E-state index contributed by atoms with van der Waals surface area (Å²) in [6, 6.07) is 11.4. The number of fused-ring (bicyclic) bond motifs is 1. The molecule has 0 aliphatic carbocycles. The third kappa shape index (κ3) is 4.17. The van der Waals surface area contributed by atoms with Crippen LogP contribution >= 0.6 is 11.3 Å². The molecule has 140 valence electrons.